The number of aliphatic carboxylic acids is 1. The molecule has 0 rings (SSSR count). The standard InChI is InChI=1S/C12H21NO3.K/c1-2-3-4-5-6-8-11(14)13-10-7-9-12(15)16;/h3-4H,2,5-10H2,1H3,(H,13,14)(H,15,16);/q;+1/p-1/b4-3+;. The Morgan fingerprint density at radius 2 is 2.00 bits per heavy atom. The number of carbonyl (C=O) groups is 1. The first-order chi connectivity index (χ1) is 7.66. The van der Waals surface area contributed by atoms with Crippen LogP contribution in [0.25, 0.3) is 0 Å². The SMILES string of the molecule is CC/C=C/CCCC([O-])=NCCCC(=O)O.[K+]. The van der Waals surface area contributed by atoms with Crippen LogP contribution in [0.5, 0.6) is 0 Å². The summed E-state index contributed by atoms with van der Waals surface area (Å²) in [5.41, 5.74) is 0. The van der Waals surface area contributed by atoms with Crippen molar-refractivity contribution in [1.82, 2.24) is 0 Å². The Bertz CT molecular complexity index is 252. The summed E-state index contributed by atoms with van der Waals surface area (Å²) in [6.45, 7) is 2.40. The summed E-state index contributed by atoms with van der Waals surface area (Å²) in [6.07, 6.45) is 7.87. The first kappa shape index (κ1) is 19.7. The third kappa shape index (κ3) is 16.3. The van der Waals surface area contributed by atoms with E-state index in [1.807, 2.05) is 0 Å². The smallest absolute Gasteiger partial charge is 0.862 e. The van der Waals surface area contributed by atoms with E-state index >= 15 is 0 Å². The molecule has 17 heavy (non-hydrogen) atoms. The number of allylic oxidation sites excluding steroid dienone is 2. The van der Waals surface area contributed by atoms with Gasteiger partial charge >= 0.3 is 57.4 Å². The third-order valence-corrected chi connectivity index (χ3v) is 2.00. The van der Waals surface area contributed by atoms with Gasteiger partial charge in [0.1, 0.15) is 0 Å². The van der Waals surface area contributed by atoms with Crippen LogP contribution in [0.1, 0.15) is 45.4 Å². The van der Waals surface area contributed by atoms with Gasteiger partial charge in [-0.25, -0.2) is 0 Å². The van der Waals surface area contributed by atoms with Gasteiger partial charge in [-0.05, 0) is 38.0 Å². The number of aliphatic imine (C=N–C) groups is 1. The van der Waals surface area contributed by atoms with Crippen molar-refractivity contribution in [2.45, 2.75) is 45.4 Å². The van der Waals surface area contributed by atoms with Crippen LogP contribution in [0.15, 0.2) is 17.1 Å². The molecule has 92 valence electrons. The normalized spacial score (nSPS) is 11.5. The molecule has 5 heteroatoms. The summed E-state index contributed by atoms with van der Waals surface area (Å²) in [5, 5.41) is 19.6. The van der Waals surface area contributed by atoms with Gasteiger partial charge in [-0.1, -0.05) is 19.1 Å². The number of nitrogens with zero attached hydrogens (tertiary/aromatic N) is 1. The minimum absolute atomic E-state index is 0. The summed E-state index contributed by atoms with van der Waals surface area (Å²) in [5.74, 6) is -0.956. The van der Waals surface area contributed by atoms with Crippen molar-refractivity contribution < 1.29 is 66.4 Å². The molecular formula is C12H20KNO3. The first-order valence-corrected chi connectivity index (χ1v) is 5.74. The number of carboxylic acid groups (broad SMARTS) is 1. The van der Waals surface area contributed by atoms with Gasteiger partial charge in [0.2, 0.25) is 0 Å². The molecule has 0 aromatic rings. The minimum Gasteiger partial charge on any atom is -0.862 e. The van der Waals surface area contributed by atoms with Gasteiger partial charge in [-0.15, -0.1) is 0 Å². The maximum atomic E-state index is 11.2. The van der Waals surface area contributed by atoms with Gasteiger partial charge in [0.15, 0.2) is 0 Å². The van der Waals surface area contributed by atoms with E-state index in [2.05, 4.69) is 24.1 Å². The van der Waals surface area contributed by atoms with Gasteiger partial charge in [0, 0.05) is 13.0 Å². The van der Waals surface area contributed by atoms with Crippen LogP contribution in [-0.2, 0) is 4.79 Å². The molecule has 0 fully saturated rings. The molecule has 0 aliphatic rings. The first-order valence-electron chi connectivity index (χ1n) is 5.74. The van der Waals surface area contributed by atoms with Crippen LogP contribution < -0.4 is 56.5 Å². The van der Waals surface area contributed by atoms with Crippen molar-refractivity contribution >= 4 is 11.9 Å². The molecule has 0 unspecified atom stereocenters. The third-order valence-electron chi connectivity index (χ3n) is 2.00. The number of rotatable bonds is 9. The van der Waals surface area contributed by atoms with E-state index in [4.69, 9.17) is 5.11 Å². The average molecular weight is 265 g/mol. The predicted octanol–water partition coefficient (Wildman–Crippen LogP) is -1.25. The molecular weight excluding hydrogens is 245 g/mol. The Morgan fingerprint density at radius 1 is 1.29 bits per heavy atom. The number of carboxylic acids is 1. The van der Waals surface area contributed by atoms with Crippen LogP contribution in [0, 0.1) is 0 Å². The molecule has 0 aromatic heterocycles. The van der Waals surface area contributed by atoms with Crippen molar-refractivity contribution in [3.05, 3.63) is 12.2 Å². The van der Waals surface area contributed by atoms with E-state index in [-0.39, 0.29) is 63.7 Å². The summed E-state index contributed by atoms with van der Waals surface area (Å²) < 4.78 is 0. The largest absolute Gasteiger partial charge is 1.00 e. The molecule has 0 spiro atoms. The van der Waals surface area contributed by atoms with Crippen molar-refractivity contribution in [3.8, 4) is 0 Å². The predicted molar refractivity (Wildman–Crippen MR) is 62.5 cm³/mol. The fourth-order valence-corrected chi connectivity index (χ4v) is 1.17. The summed E-state index contributed by atoms with van der Waals surface area (Å²) in [7, 11) is 0. The van der Waals surface area contributed by atoms with E-state index in [0.717, 1.165) is 19.3 Å². The molecule has 0 saturated carbocycles. The van der Waals surface area contributed by atoms with Crippen LogP contribution in [0.3, 0.4) is 0 Å². The van der Waals surface area contributed by atoms with Crippen molar-refractivity contribution in [2.75, 3.05) is 6.54 Å². The van der Waals surface area contributed by atoms with Gasteiger partial charge < -0.3 is 15.2 Å². The van der Waals surface area contributed by atoms with E-state index < -0.39 is 5.97 Å². The van der Waals surface area contributed by atoms with Crippen LogP contribution in [0.4, 0.5) is 0 Å². The molecule has 0 amide bonds. The Labute approximate surface area is 146 Å². The van der Waals surface area contributed by atoms with Crippen LogP contribution in [-0.4, -0.2) is 23.5 Å². The van der Waals surface area contributed by atoms with Crippen LogP contribution in [0.2, 0.25) is 0 Å². The average Bonchev–Trinajstić information content (AvgIpc) is 2.24. The Kier molecular flexibility index (Phi) is 16.6. The van der Waals surface area contributed by atoms with Crippen molar-refractivity contribution in [3.63, 3.8) is 0 Å². The van der Waals surface area contributed by atoms with E-state index in [1.54, 1.807) is 0 Å². The van der Waals surface area contributed by atoms with Gasteiger partial charge in [0.25, 0.3) is 0 Å². The van der Waals surface area contributed by atoms with Crippen molar-refractivity contribution in [1.29, 1.82) is 0 Å². The summed E-state index contributed by atoms with van der Waals surface area (Å²) in [6, 6.07) is 0. The van der Waals surface area contributed by atoms with E-state index in [0.29, 0.717) is 19.4 Å². The van der Waals surface area contributed by atoms with Gasteiger partial charge in [-0.2, -0.15) is 0 Å². The molecule has 0 atom stereocenters. The molecule has 1 N–H and O–H groups in total. The fraction of sp³-hybridized carbons (Fsp3) is 0.667. The monoisotopic (exact) mass is 265 g/mol. The van der Waals surface area contributed by atoms with E-state index in [1.165, 1.54) is 0 Å². The van der Waals surface area contributed by atoms with Gasteiger partial charge in [0.05, 0.1) is 0 Å². The molecule has 0 aromatic carbocycles. The van der Waals surface area contributed by atoms with Gasteiger partial charge in [-0.3, -0.25) is 4.79 Å². The minimum atomic E-state index is -0.840. The summed E-state index contributed by atoms with van der Waals surface area (Å²) in [4.78, 5) is 14.0. The Balaban J connectivity index is 0. The zero-order valence-corrected chi connectivity index (χ0v) is 13.9. The number of hydrogen-bond acceptors (Lipinski definition) is 3. The van der Waals surface area contributed by atoms with Crippen LogP contribution >= 0.6 is 0 Å². The van der Waals surface area contributed by atoms with E-state index in [9.17, 15) is 9.90 Å². The van der Waals surface area contributed by atoms with Crippen molar-refractivity contribution in [2.24, 2.45) is 4.99 Å². The molecule has 0 bridgehead atoms. The molecule has 4 nitrogen and oxygen atoms in total. The topological polar surface area (TPSA) is 72.7 Å². The molecule has 0 aliphatic carbocycles. The Hall–Kier alpha value is 0.316. The summed E-state index contributed by atoms with van der Waals surface area (Å²) >= 11 is 0. The second-order valence-corrected chi connectivity index (χ2v) is 3.54. The number of hydrogen-bond donors (Lipinski definition) is 1. The maximum absolute atomic E-state index is 11.2. The quantitative estimate of drug-likeness (QED) is 0.186. The second-order valence-electron chi connectivity index (χ2n) is 3.54. The second kappa shape index (κ2) is 14.4. The fourth-order valence-electron chi connectivity index (χ4n) is 1.17. The molecule has 0 saturated heterocycles. The zero-order valence-electron chi connectivity index (χ0n) is 10.8. The molecule has 0 heterocycles. The molecule has 0 radical (unpaired) electrons. The number of unbranched alkanes of at least 4 members (excludes halogenated alkanes) is 1. The maximum Gasteiger partial charge on any atom is 1.00 e. The molecule has 0 aliphatic heterocycles. The zero-order chi connectivity index (χ0) is 12.2. The Morgan fingerprint density at radius 3 is 2.59 bits per heavy atom.